The summed E-state index contributed by atoms with van der Waals surface area (Å²) in [7, 11) is 0. The fourth-order valence-electron chi connectivity index (χ4n) is 2.41. The molecule has 0 amide bonds. The predicted molar refractivity (Wildman–Crippen MR) is 87.3 cm³/mol. The van der Waals surface area contributed by atoms with Gasteiger partial charge in [0.2, 0.25) is 0 Å². The number of para-hydroxylation sites is 1. The molecular weight excluding hydrogens is 297 g/mol. The number of aryl methyl sites for hydroxylation is 1. The number of hydrogen-bond acceptors (Lipinski definition) is 3. The maximum atomic E-state index is 13.0. The molecule has 0 aliphatic rings. The largest absolute Gasteiger partial charge is 0.336 e. The number of H-pyrrole nitrogens is 1. The maximum absolute atomic E-state index is 13.0. The minimum Gasteiger partial charge on any atom is -0.336 e. The van der Waals surface area contributed by atoms with Gasteiger partial charge in [-0.3, -0.25) is 0 Å². The molecule has 0 atom stereocenters. The Balaban J connectivity index is 1.76. The molecule has 108 valence electrons. The van der Waals surface area contributed by atoms with Crippen molar-refractivity contribution in [2.75, 3.05) is 0 Å². The van der Waals surface area contributed by atoms with Gasteiger partial charge in [-0.05, 0) is 42.8 Å². The topological polar surface area (TPSA) is 41.6 Å². The van der Waals surface area contributed by atoms with Gasteiger partial charge in [-0.25, -0.2) is 14.4 Å². The van der Waals surface area contributed by atoms with E-state index in [9.17, 15) is 4.39 Å². The van der Waals surface area contributed by atoms with Crippen LogP contribution in [0.1, 0.15) is 5.56 Å². The summed E-state index contributed by atoms with van der Waals surface area (Å²) in [5.41, 5.74) is 4.84. The quantitative estimate of drug-likeness (QED) is 0.578. The van der Waals surface area contributed by atoms with E-state index in [1.54, 1.807) is 12.1 Å². The Morgan fingerprint density at radius 1 is 1.05 bits per heavy atom. The van der Waals surface area contributed by atoms with Crippen molar-refractivity contribution in [1.82, 2.24) is 15.0 Å². The van der Waals surface area contributed by atoms with E-state index < -0.39 is 0 Å². The van der Waals surface area contributed by atoms with E-state index >= 15 is 0 Å². The normalized spacial score (nSPS) is 11.2. The molecular formula is C17H12FN3S. The molecule has 0 aliphatic heterocycles. The summed E-state index contributed by atoms with van der Waals surface area (Å²) < 4.78 is 13.0. The van der Waals surface area contributed by atoms with Crippen molar-refractivity contribution < 1.29 is 4.39 Å². The van der Waals surface area contributed by atoms with Crippen LogP contribution in [0.5, 0.6) is 0 Å². The number of nitrogens with one attached hydrogen (secondary N) is 1. The molecule has 4 aromatic rings. The number of benzene rings is 2. The Labute approximate surface area is 130 Å². The Morgan fingerprint density at radius 2 is 1.86 bits per heavy atom. The van der Waals surface area contributed by atoms with Crippen molar-refractivity contribution in [2.24, 2.45) is 0 Å². The van der Waals surface area contributed by atoms with Crippen LogP contribution < -0.4 is 0 Å². The van der Waals surface area contributed by atoms with Gasteiger partial charge in [-0.2, -0.15) is 0 Å². The molecule has 0 spiro atoms. The minimum atomic E-state index is -0.244. The molecule has 1 N–H and O–H groups in total. The lowest BCUT2D eigenvalue weighted by molar-refractivity contribution is 0.628. The van der Waals surface area contributed by atoms with Gasteiger partial charge in [-0.1, -0.05) is 12.1 Å². The van der Waals surface area contributed by atoms with Gasteiger partial charge < -0.3 is 4.98 Å². The molecule has 2 aromatic carbocycles. The Kier molecular flexibility index (Phi) is 3.01. The number of thiazole rings is 1. The fourth-order valence-corrected chi connectivity index (χ4v) is 3.18. The third-order valence-electron chi connectivity index (χ3n) is 3.56. The van der Waals surface area contributed by atoms with Crippen LogP contribution in [0, 0.1) is 12.7 Å². The summed E-state index contributed by atoms with van der Waals surface area (Å²) >= 11 is 1.52. The van der Waals surface area contributed by atoms with Crippen LogP contribution in [-0.2, 0) is 0 Å². The first-order valence-corrected chi connectivity index (χ1v) is 7.76. The zero-order valence-electron chi connectivity index (χ0n) is 11.8. The summed E-state index contributed by atoms with van der Waals surface area (Å²) in [6.07, 6.45) is 0. The van der Waals surface area contributed by atoms with Gasteiger partial charge in [0.05, 0.1) is 16.7 Å². The highest BCUT2D eigenvalue weighted by Crippen LogP contribution is 2.29. The number of halogens is 1. The molecule has 2 heterocycles. The molecule has 22 heavy (non-hydrogen) atoms. The third kappa shape index (κ3) is 2.19. The first-order valence-electron chi connectivity index (χ1n) is 6.88. The second kappa shape index (κ2) is 5.03. The summed E-state index contributed by atoms with van der Waals surface area (Å²) in [5, 5.41) is 2.79. The maximum Gasteiger partial charge on any atom is 0.167 e. The van der Waals surface area contributed by atoms with Gasteiger partial charge in [0.25, 0.3) is 0 Å². The zero-order valence-corrected chi connectivity index (χ0v) is 12.6. The van der Waals surface area contributed by atoms with Crippen molar-refractivity contribution in [3.8, 4) is 22.1 Å². The molecule has 0 fully saturated rings. The lowest BCUT2D eigenvalue weighted by atomic mass is 10.2. The van der Waals surface area contributed by atoms with Crippen molar-refractivity contribution in [3.05, 3.63) is 59.2 Å². The van der Waals surface area contributed by atoms with E-state index in [-0.39, 0.29) is 5.82 Å². The second-order valence-corrected chi connectivity index (χ2v) is 5.96. The number of fused-ring (bicyclic) bond motifs is 1. The van der Waals surface area contributed by atoms with Crippen molar-refractivity contribution in [1.29, 1.82) is 0 Å². The van der Waals surface area contributed by atoms with Crippen LogP contribution in [-0.4, -0.2) is 15.0 Å². The van der Waals surface area contributed by atoms with Gasteiger partial charge >= 0.3 is 0 Å². The lowest BCUT2D eigenvalue weighted by Gasteiger charge is -1.95. The molecule has 0 saturated carbocycles. The minimum absolute atomic E-state index is 0.244. The smallest absolute Gasteiger partial charge is 0.167 e. The number of nitrogens with zero attached hydrogens (tertiary/aromatic N) is 2. The monoisotopic (exact) mass is 309 g/mol. The number of rotatable bonds is 2. The number of hydrogen-bond donors (Lipinski definition) is 1. The first-order chi connectivity index (χ1) is 10.7. The SMILES string of the molecule is Cc1cccc2[nH]c(-c3nc(-c4ccc(F)cc4)cs3)nc12. The van der Waals surface area contributed by atoms with Crippen LogP contribution in [0.25, 0.3) is 33.1 Å². The fraction of sp³-hybridized carbons (Fsp3) is 0.0588. The highest BCUT2D eigenvalue weighted by atomic mass is 32.1. The van der Waals surface area contributed by atoms with Crippen LogP contribution in [0.2, 0.25) is 0 Å². The first kappa shape index (κ1) is 13.2. The van der Waals surface area contributed by atoms with Crippen molar-refractivity contribution >= 4 is 22.4 Å². The van der Waals surface area contributed by atoms with E-state index in [0.29, 0.717) is 0 Å². The van der Waals surface area contributed by atoms with E-state index in [2.05, 4.69) is 15.0 Å². The summed E-state index contributed by atoms with van der Waals surface area (Å²) in [6, 6.07) is 12.4. The van der Waals surface area contributed by atoms with Crippen LogP contribution in [0.3, 0.4) is 0 Å². The van der Waals surface area contributed by atoms with E-state index in [0.717, 1.165) is 38.7 Å². The van der Waals surface area contributed by atoms with E-state index in [1.165, 1.54) is 23.5 Å². The number of aromatic amines is 1. The van der Waals surface area contributed by atoms with Crippen LogP contribution in [0.4, 0.5) is 4.39 Å². The molecule has 0 aliphatic carbocycles. The van der Waals surface area contributed by atoms with Gasteiger partial charge in [-0.15, -0.1) is 11.3 Å². The average molecular weight is 309 g/mol. The number of imidazole rings is 1. The summed E-state index contributed by atoms with van der Waals surface area (Å²) in [6.45, 7) is 2.04. The Morgan fingerprint density at radius 3 is 2.64 bits per heavy atom. The summed E-state index contributed by atoms with van der Waals surface area (Å²) in [5.74, 6) is 0.523. The predicted octanol–water partition coefficient (Wildman–Crippen LogP) is 4.80. The van der Waals surface area contributed by atoms with Crippen LogP contribution >= 0.6 is 11.3 Å². The van der Waals surface area contributed by atoms with Gasteiger partial charge in [0, 0.05) is 10.9 Å². The van der Waals surface area contributed by atoms with Gasteiger partial charge in [0.1, 0.15) is 5.82 Å². The van der Waals surface area contributed by atoms with E-state index in [1.807, 2.05) is 30.5 Å². The molecule has 5 heteroatoms. The Hall–Kier alpha value is -2.53. The van der Waals surface area contributed by atoms with E-state index in [4.69, 9.17) is 0 Å². The zero-order chi connectivity index (χ0) is 15.1. The van der Waals surface area contributed by atoms with Gasteiger partial charge in [0.15, 0.2) is 10.8 Å². The molecule has 0 unspecified atom stereocenters. The standard InChI is InChI=1S/C17H12FN3S/c1-10-3-2-4-13-15(10)21-16(19-13)17-20-14(9-22-17)11-5-7-12(18)8-6-11/h2-9H,1H3,(H,19,21). The van der Waals surface area contributed by atoms with Crippen LogP contribution in [0.15, 0.2) is 47.8 Å². The third-order valence-corrected chi connectivity index (χ3v) is 4.41. The highest BCUT2D eigenvalue weighted by Gasteiger charge is 2.11. The molecule has 2 aromatic heterocycles. The molecule has 0 radical (unpaired) electrons. The summed E-state index contributed by atoms with van der Waals surface area (Å²) in [4.78, 5) is 12.5. The Bertz CT molecular complexity index is 954. The molecule has 4 rings (SSSR count). The van der Waals surface area contributed by atoms with Crippen molar-refractivity contribution in [3.63, 3.8) is 0 Å². The van der Waals surface area contributed by atoms with Crippen molar-refractivity contribution in [2.45, 2.75) is 6.92 Å². The molecule has 0 saturated heterocycles. The average Bonchev–Trinajstić information content (AvgIpc) is 3.15. The lowest BCUT2D eigenvalue weighted by Crippen LogP contribution is -1.82. The molecule has 3 nitrogen and oxygen atoms in total. The second-order valence-electron chi connectivity index (χ2n) is 5.10. The highest BCUT2D eigenvalue weighted by molar-refractivity contribution is 7.13. The number of aromatic nitrogens is 3. The molecule has 0 bridgehead atoms.